The number of hydrogen-bond acceptors (Lipinski definition) is 1. The number of aliphatic hydroxyl groups excluding tert-OH is 1. The van der Waals surface area contributed by atoms with Crippen molar-refractivity contribution in [3.63, 3.8) is 0 Å². The number of hydrogen-bond donors (Lipinski definition) is 1. The largest absolute Gasteiger partial charge is 0.393 e. The molecule has 1 atom stereocenters. The Balaban J connectivity index is 2.37. The van der Waals surface area contributed by atoms with E-state index in [1.807, 2.05) is 24.3 Å². The van der Waals surface area contributed by atoms with Gasteiger partial charge in [0.05, 0.1) is 6.10 Å². The van der Waals surface area contributed by atoms with Gasteiger partial charge in [-0.1, -0.05) is 37.6 Å². The summed E-state index contributed by atoms with van der Waals surface area (Å²) in [7, 11) is 0. The smallest absolute Gasteiger partial charge is 0.0580 e. The molecule has 1 unspecified atom stereocenters. The molecule has 0 aromatic heterocycles. The first-order chi connectivity index (χ1) is 7.08. The molecule has 1 aromatic rings. The maximum Gasteiger partial charge on any atom is 0.0580 e. The van der Waals surface area contributed by atoms with Crippen LogP contribution in [0.1, 0.15) is 32.3 Å². The van der Waals surface area contributed by atoms with Gasteiger partial charge >= 0.3 is 0 Å². The van der Waals surface area contributed by atoms with Crippen LogP contribution in [0.2, 0.25) is 5.02 Å². The Morgan fingerprint density at radius 3 is 2.27 bits per heavy atom. The molecule has 0 saturated carbocycles. The molecule has 0 heterocycles. The Bertz CT molecular complexity index is 279. The van der Waals surface area contributed by atoms with Crippen molar-refractivity contribution < 1.29 is 5.11 Å². The Kier molecular flexibility index (Phi) is 5.13. The van der Waals surface area contributed by atoms with Crippen LogP contribution in [0.4, 0.5) is 0 Å². The van der Waals surface area contributed by atoms with Gasteiger partial charge in [0.15, 0.2) is 0 Å². The quantitative estimate of drug-likeness (QED) is 0.812. The van der Waals surface area contributed by atoms with E-state index in [1.54, 1.807) is 0 Å². The van der Waals surface area contributed by atoms with Crippen molar-refractivity contribution in [2.24, 2.45) is 5.92 Å². The molecule has 0 aliphatic carbocycles. The average molecular weight is 227 g/mol. The predicted molar refractivity (Wildman–Crippen MR) is 65.2 cm³/mol. The molecule has 2 heteroatoms. The van der Waals surface area contributed by atoms with Crippen LogP contribution in [0.3, 0.4) is 0 Å². The van der Waals surface area contributed by atoms with Gasteiger partial charge in [-0.15, -0.1) is 0 Å². The first-order valence-corrected chi connectivity index (χ1v) is 5.88. The molecule has 1 nitrogen and oxygen atoms in total. The van der Waals surface area contributed by atoms with Gasteiger partial charge in [0.2, 0.25) is 0 Å². The van der Waals surface area contributed by atoms with Crippen LogP contribution in [0.5, 0.6) is 0 Å². The van der Waals surface area contributed by atoms with Crippen LogP contribution in [0, 0.1) is 5.92 Å². The summed E-state index contributed by atoms with van der Waals surface area (Å²) in [5.41, 5.74) is 1.15. The minimum Gasteiger partial charge on any atom is -0.393 e. The molecule has 0 aliphatic heterocycles. The molecule has 0 amide bonds. The molecular formula is C13H19ClO. The zero-order chi connectivity index (χ0) is 11.3. The minimum absolute atomic E-state index is 0.228. The van der Waals surface area contributed by atoms with Crippen molar-refractivity contribution in [1.82, 2.24) is 0 Å². The third-order valence-corrected chi connectivity index (χ3v) is 2.71. The van der Waals surface area contributed by atoms with Crippen LogP contribution >= 0.6 is 11.6 Å². The van der Waals surface area contributed by atoms with Crippen LogP contribution < -0.4 is 0 Å². The second kappa shape index (κ2) is 6.14. The molecule has 84 valence electrons. The summed E-state index contributed by atoms with van der Waals surface area (Å²) >= 11 is 5.79. The maximum atomic E-state index is 9.79. The van der Waals surface area contributed by atoms with Gasteiger partial charge in [0.25, 0.3) is 0 Å². The third kappa shape index (κ3) is 5.19. The van der Waals surface area contributed by atoms with E-state index >= 15 is 0 Å². The first kappa shape index (κ1) is 12.5. The fraction of sp³-hybridized carbons (Fsp3) is 0.538. The zero-order valence-corrected chi connectivity index (χ0v) is 10.2. The topological polar surface area (TPSA) is 20.2 Å². The summed E-state index contributed by atoms with van der Waals surface area (Å²) in [5.74, 6) is 0.657. The van der Waals surface area contributed by atoms with Gasteiger partial charge in [-0.05, 0) is 42.9 Å². The lowest BCUT2D eigenvalue weighted by Gasteiger charge is -2.12. The fourth-order valence-corrected chi connectivity index (χ4v) is 1.65. The average Bonchev–Trinajstić information content (AvgIpc) is 2.19. The van der Waals surface area contributed by atoms with Crippen LogP contribution in [-0.2, 0) is 6.42 Å². The third-order valence-electron chi connectivity index (χ3n) is 2.46. The van der Waals surface area contributed by atoms with Crippen LogP contribution in [0.15, 0.2) is 24.3 Å². The molecule has 1 aromatic carbocycles. The van der Waals surface area contributed by atoms with Crippen molar-refractivity contribution in [2.45, 2.75) is 39.2 Å². The van der Waals surface area contributed by atoms with Crippen molar-refractivity contribution in [3.05, 3.63) is 34.9 Å². The highest BCUT2D eigenvalue weighted by Gasteiger charge is 2.06. The van der Waals surface area contributed by atoms with Gasteiger partial charge in [0, 0.05) is 5.02 Å². The van der Waals surface area contributed by atoms with Crippen molar-refractivity contribution in [1.29, 1.82) is 0 Å². The van der Waals surface area contributed by atoms with E-state index in [-0.39, 0.29) is 6.10 Å². The van der Waals surface area contributed by atoms with E-state index in [9.17, 15) is 5.11 Å². The molecule has 15 heavy (non-hydrogen) atoms. The second-order valence-electron chi connectivity index (χ2n) is 4.46. The Morgan fingerprint density at radius 1 is 1.13 bits per heavy atom. The van der Waals surface area contributed by atoms with Gasteiger partial charge in [-0.3, -0.25) is 0 Å². The summed E-state index contributed by atoms with van der Waals surface area (Å²) < 4.78 is 0. The summed E-state index contributed by atoms with van der Waals surface area (Å²) in [6.45, 7) is 4.35. The van der Waals surface area contributed by atoms with E-state index in [4.69, 9.17) is 11.6 Å². The van der Waals surface area contributed by atoms with E-state index in [1.165, 1.54) is 0 Å². The Hall–Kier alpha value is -0.530. The Labute approximate surface area is 97.1 Å². The van der Waals surface area contributed by atoms with Crippen molar-refractivity contribution in [3.8, 4) is 0 Å². The molecule has 0 radical (unpaired) electrons. The summed E-state index contributed by atoms with van der Waals surface area (Å²) in [5, 5.41) is 10.5. The van der Waals surface area contributed by atoms with E-state index in [0.717, 1.165) is 29.8 Å². The number of benzene rings is 1. The zero-order valence-electron chi connectivity index (χ0n) is 9.41. The lowest BCUT2D eigenvalue weighted by atomic mass is 10.00. The molecule has 0 bridgehead atoms. The molecule has 0 aliphatic rings. The second-order valence-corrected chi connectivity index (χ2v) is 4.89. The normalized spacial score (nSPS) is 13.1. The monoisotopic (exact) mass is 226 g/mol. The van der Waals surface area contributed by atoms with Crippen LogP contribution in [0.25, 0.3) is 0 Å². The molecule has 1 rings (SSSR count). The summed E-state index contributed by atoms with van der Waals surface area (Å²) in [6, 6.07) is 7.68. The molecular weight excluding hydrogens is 208 g/mol. The fourth-order valence-electron chi connectivity index (χ4n) is 1.52. The maximum absolute atomic E-state index is 9.79. The molecule has 1 N–H and O–H groups in total. The van der Waals surface area contributed by atoms with Gasteiger partial charge < -0.3 is 5.11 Å². The number of rotatable bonds is 5. The lowest BCUT2D eigenvalue weighted by molar-refractivity contribution is 0.157. The van der Waals surface area contributed by atoms with Gasteiger partial charge in [-0.2, -0.15) is 0 Å². The highest BCUT2D eigenvalue weighted by molar-refractivity contribution is 6.30. The van der Waals surface area contributed by atoms with E-state index in [2.05, 4.69) is 13.8 Å². The molecule has 0 spiro atoms. The standard InChI is InChI=1S/C13H19ClO/c1-10(2)3-8-13(15)9-11-4-6-12(14)7-5-11/h4-7,10,13,15H,3,8-9H2,1-2H3. The van der Waals surface area contributed by atoms with Crippen LogP contribution in [-0.4, -0.2) is 11.2 Å². The summed E-state index contributed by atoms with van der Waals surface area (Å²) in [6.07, 6.45) is 2.45. The number of halogens is 1. The SMILES string of the molecule is CC(C)CCC(O)Cc1ccc(Cl)cc1. The Morgan fingerprint density at radius 2 is 1.73 bits per heavy atom. The predicted octanol–water partition coefficient (Wildman–Crippen LogP) is 3.68. The lowest BCUT2D eigenvalue weighted by Crippen LogP contribution is -2.11. The van der Waals surface area contributed by atoms with E-state index < -0.39 is 0 Å². The first-order valence-electron chi connectivity index (χ1n) is 5.50. The summed E-state index contributed by atoms with van der Waals surface area (Å²) in [4.78, 5) is 0. The van der Waals surface area contributed by atoms with Crippen molar-refractivity contribution in [2.75, 3.05) is 0 Å². The molecule has 0 fully saturated rings. The molecule has 0 saturated heterocycles. The highest BCUT2D eigenvalue weighted by Crippen LogP contribution is 2.14. The highest BCUT2D eigenvalue weighted by atomic mass is 35.5. The van der Waals surface area contributed by atoms with E-state index in [0.29, 0.717) is 5.92 Å². The number of aliphatic hydroxyl groups is 1. The van der Waals surface area contributed by atoms with Crippen molar-refractivity contribution >= 4 is 11.6 Å². The minimum atomic E-state index is -0.228. The van der Waals surface area contributed by atoms with Gasteiger partial charge in [0.1, 0.15) is 0 Å². The van der Waals surface area contributed by atoms with Gasteiger partial charge in [-0.25, -0.2) is 0 Å².